The molecule has 94 valence electrons. The molecular weight excluding hydrogens is 216 g/mol. The van der Waals surface area contributed by atoms with Crippen LogP contribution in [-0.4, -0.2) is 28.4 Å². The van der Waals surface area contributed by atoms with E-state index in [-0.39, 0.29) is 18.5 Å². The topological polar surface area (TPSA) is 85.2 Å². The molecule has 0 unspecified atom stereocenters. The highest BCUT2D eigenvalue weighted by atomic mass is 16.1. The van der Waals surface area contributed by atoms with Crippen LogP contribution in [0.5, 0.6) is 0 Å². The molecule has 1 amide bonds. The molecule has 17 heavy (non-hydrogen) atoms. The van der Waals surface area contributed by atoms with E-state index in [1.807, 2.05) is 30.9 Å². The average molecular weight is 236 g/mol. The van der Waals surface area contributed by atoms with Gasteiger partial charge in [-0.05, 0) is 25.5 Å². The lowest BCUT2D eigenvalue weighted by molar-refractivity contribution is -0.119. The summed E-state index contributed by atoms with van der Waals surface area (Å²) in [4.78, 5) is 17.2. The largest absolute Gasteiger partial charge is 0.369 e. The molecule has 0 aromatic carbocycles. The molecule has 0 aliphatic heterocycles. The van der Waals surface area contributed by atoms with Gasteiger partial charge in [0.1, 0.15) is 0 Å². The molecule has 1 aromatic rings. The summed E-state index contributed by atoms with van der Waals surface area (Å²) in [6.45, 7) is 5.35. The summed E-state index contributed by atoms with van der Waals surface area (Å²) in [5.74, 6) is -0.322. The molecule has 0 aliphatic rings. The molecule has 1 heterocycles. The van der Waals surface area contributed by atoms with E-state index in [2.05, 4.69) is 4.98 Å². The number of carbonyl (C=O) groups is 1. The predicted molar refractivity (Wildman–Crippen MR) is 66.9 cm³/mol. The number of rotatable bonds is 6. The number of hydrogen-bond acceptors (Lipinski definition) is 4. The van der Waals surface area contributed by atoms with Crippen molar-refractivity contribution in [3.63, 3.8) is 0 Å². The van der Waals surface area contributed by atoms with Crippen molar-refractivity contribution in [3.05, 3.63) is 29.6 Å². The minimum atomic E-state index is -0.322. The van der Waals surface area contributed by atoms with Crippen LogP contribution < -0.4 is 11.5 Å². The van der Waals surface area contributed by atoms with Gasteiger partial charge < -0.3 is 11.5 Å². The smallest absolute Gasteiger partial charge is 0.231 e. The van der Waals surface area contributed by atoms with Crippen molar-refractivity contribution in [1.29, 1.82) is 0 Å². The van der Waals surface area contributed by atoms with E-state index >= 15 is 0 Å². The van der Waals surface area contributed by atoms with Crippen LogP contribution in [0, 0.1) is 0 Å². The van der Waals surface area contributed by atoms with Gasteiger partial charge in [0, 0.05) is 25.3 Å². The highest BCUT2D eigenvalue weighted by Gasteiger charge is 2.14. The van der Waals surface area contributed by atoms with Gasteiger partial charge in [0.2, 0.25) is 5.91 Å². The summed E-state index contributed by atoms with van der Waals surface area (Å²) in [7, 11) is 0. The molecule has 0 saturated carbocycles. The standard InChI is InChI=1S/C12H20N4O/c1-9(2)16(8-12(14)17)7-10-4-3-5-15-11(10)6-13/h3-5,9H,6-8,13H2,1-2H3,(H2,14,17). The van der Waals surface area contributed by atoms with Crippen molar-refractivity contribution in [2.45, 2.75) is 33.0 Å². The Morgan fingerprint density at radius 1 is 1.53 bits per heavy atom. The third kappa shape index (κ3) is 4.13. The molecule has 0 bridgehead atoms. The zero-order valence-electron chi connectivity index (χ0n) is 10.4. The number of nitrogens with two attached hydrogens (primary N) is 2. The van der Waals surface area contributed by atoms with Gasteiger partial charge in [-0.1, -0.05) is 6.07 Å². The molecule has 0 atom stereocenters. The number of nitrogens with zero attached hydrogens (tertiary/aromatic N) is 2. The van der Waals surface area contributed by atoms with E-state index in [9.17, 15) is 4.79 Å². The molecular formula is C12H20N4O. The molecule has 5 nitrogen and oxygen atoms in total. The van der Waals surface area contributed by atoms with Gasteiger partial charge in [-0.25, -0.2) is 0 Å². The van der Waals surface area contributed by atoms with Gasteiger partial charge in [-0.15, -0.1) is 0 Å². The van der Waals surface area contributed by atoms with Crippen LogP contribution in [-0.2, 0) is 17.9 Å². The zero-order chi connectivity index (χ0) is 12.8. The maximum atomic E-state index is 11.0. The van der Waals surface area contributed by atoms with Crippen LogP contribution in [0.2, 0.25) is 0 Å². The molecule has 5 heteroatoms. The number of carbonyl (C=O) groups excluding carboxylic acids is 1. The van der Waals surface area contributed by atoms with E-state index in [0.29, 0.717) is 13.1 Å². The fraction of sp³-hybridized carbons (Fsp3) is 0.500. The summed E-state index contributed by atoms with van der Waals surface area (Å²) in [6.07, 6.45) is 1.72. The Bertz CT molecular complexity index is 379. The first-order valence-corrected chi connectivity index (χ1v) is 5.69. The van der Waals surface area contributed by atoms with Crippen molar-refractivity contribution in [3.8, 4) is 0 Å². The second-order valence-corrected chi connectivity index (χ2v) is 4.28. The van der Waals surface area contributed by atoms with Gasteiger partial charge in [-0.3, -0.25) is 14.7 Å². The Balaban J connectivity index is 2.81. The third-order valence-corrected chi connectivity index (χ3v) is 2.64. The second-order valence-electron chi connectivity index (χ2n) is 4.28. The monoisotopic (exact) mass is 236 g/mol. The lowest BCUT2D eigenvalue weighted by Gasteiger charge is -2.25. The molecule has 1 aromatic heterocycles. The van der Waals surface area contributed by atoms with Crippen molar-refractivity contribution in [2.24, 2.45) is 11.5 Å². The maximum absolute atomic E-state index is 11.0. The first kappa shape index (κ1) is 13.6. The van der Waals surface area contributed by atoms with Crippen molar-refractivity contribution < 1.29 is 4.79 Å². The van der Waals surface area contributed by atoms with Crippen LogP contribution in [0.4, 0.5) is 0 Å². The van der Waals surface area contributed by atoms with Crippen LogP contribution in [0.25, 0.3) is 0 Å². The number of hydrogen-bond donors (Lipinski definition) is 2. The fourth-order valence-electron chi connectivity index (χ4n) is 1.64. The summed E-state index contributed by atoms with van der Waals surface area (Å²) in [6, 6.07) is 4.09. The molecule has 0 fully saturated rings. The fourth-order valence-corrected chi connectivity index (χ4v) is 1.64. The Labute approximate surface area is 102 Å². The lowest BCUT2D eigenvalue weighted by atomic mass is 10.1. The first-order valence-electron chi connectivity index (χ1n) is 5.69. The molecule has 4 N–H and O–H groups in total. The molecule has 0 radical (unpaired) electrons. The van der Waals surface area contributed by atoms with Crippen molar-refractivity contribution >= 4 is 5.91 Å². The molecule has 0 spiro atoms. The minimum absolute atomic E-state index is 0.244. The summed E-state index contributed by atoms with van der Waals surface area (Å²) in [5.41, 5.74) is 12.8. The van der Waals surface area contributed by atoms with Crippen LogP contribution >= 0.6 is 0 Å². The Morgan fingerprint density at radius 3 is 2.76 bits per heavy atom. The quantitative estimate of drug-likeness (QED) is 0.740. The van der Waals surface area contributed by atoms with E-state index in [1.165, 1.54) is 0 Å². The summed E-state index contributed by atoms with van der Waals surface area (Å²) >= 11 is 0. The first-order chi connectivity index (χ1) is 8.04. The van der Waals surface area contributed by atoms with Gasteiger partial charge in [-0.2, -0.15) is 0 Å². The van der Waals surface area contributed by atoms with Gasteiger partial charge >= 0.3 is 0 Å². The second kappa shape index (κ2) is 6.32. The highest BCUT2D eigenvalue weighted by Crippen LogP contribution is 2.10. The normalized spacial score (nSPS) is 11.1. The maximum Gasteiger partial charge on any atom is 0.231 e. The van der Waals surface area contributed by atoms with Gasteiger partial charge in [0.25, 0.3) is 0 Å². The van der Waals surface area contributed by atoms with Crippen LogP contribution in [0.1, 0.15) is 25.1 Å². The minimum Gasteiger partial charge on any atom is -0.369 e. The lowest BCUT2D eigenvalue weighted by Crippen LogP contribution is -2.38. The van der Waals surface area contributed by atoms with E-state index in [1.54, 1.807) is 6.20 Å². The number of primary amides is 1. The predicted octanol–water partition coefficient (Wildman–Crippen LogP) is 0.236. The van der Waals surface area contributed by atoms with E-state index in [4.69, 9.17) is 11.5 Å². The highest BCUT2D eigenvalue weighted by molar-refractivity contribution is 5.75. The average Bonchev–Trinajstić information content (AvgIpc) is 2.28. The number of pyridine rings is 1. The molecule has 0 aliphatic carbocycles. The summed E-state index contributed by atoms with van der Waals surface area (Å²) < 4.78 is 0. The SMILES string of the molecule is CC(C)N(CC(N)=O)Cc1cccnc1CN. The van der Waals surface area contributed by atoms with Gasteiger partial charge in [0.15, 0.2) is 0 Å². The Kier molecular flexibility index (Phi) is 5.06. The number of aromatic nitrogens is 1. The van der Waals surface area contributed by atoms with E-state index in [0.717, 1.165) is 11.3 Å². The van der Waals surface area contributed by atoms with Crippen molar-refractivity contribution in [2.75, 3.05) is 6.54 Å². The van der Waals surface area contributed by atoms with Gasteiger partial charge in [0.05, 0.1) is 12.2 Å². The van der Waals surface area contributed by atoms with Crippen molar-refractivity contribution in [1.82, 2.24) is 9.88 Å². The molecule has 0 saturated heterocycles. The number of amides is 1. The Morgan fingerprint density at radius 2 is 2.24 bits per heavy atom. The molecule has 1 rings (SSSR count). The van der Waals surface area contributed by atoms with E-state index < -0.39 is 0 Å². The summed E-state index contributed by atoms with van der Waals surface area (Å²) in [5, 5.41) is 0. The Hall–Kier alpha value is -1.46. The van der Waals surface area contributed by atoms with Crippen LogP contribution in [0.15, 0.2) is 18.3 Å². The zero-order valence-corrected chi connectivity index (χ0v) is 10.4. The third-order valence-electron chi connectivity index (χ3n) is 2.64. The van der Waals surface area contributed by atoms with Crippen LogP contribution in [0.3, 0.4) is 0 Å².